The zero-order valence-corrected chi connectivity index (χ0v) is 12.5. The second-order valence-corrected chi connectivity index (χ2v) is 5.19. The molecule has 0 N–H and O–H groups in total. The topological polar surface area (TPSA) is 4.93 Å². The highest BCUT2D eigenvalue weighted by Crippen LogP contribution is 2.31. The molecule has 0 spiro atoms. The van der Waals surface area contributed by atoms with Crippen LogP contribution in [-0.2, 0) is 0 Å². The first-order valence-electron chi connectivity index (χ1n) is 7.22. The number of para-hydroxylation sites is 1. The van der Waals surface area contributed by atoms with Gasteiger partial charge >= 0.3 is 0 Å². The number of fused-ring (bicyclic) bond motifs is 1. The molecule has 0 radical (unpaired) electrons. The molecule has 0 atom stereocenters. The monoisotopic (exact) mass is 273 g/mol. The summed E-state index contributed by atoms with van der Waals surface area (Å²) in [6.45, 7) is 8.19. The Balaban J connectivity index is 2.44. The summed E-state index contributed by atoms with van der Waals surface area (Å²) in [5.74, 6) is 0. The lowest BCUT2D eigenvalue weighted by Crippen LogP contribution is -1.97. The van der Waals surface area contributed by atoms with Crippen molar-refractivity contribution in [3.05, 3.63) is 78.0 Å². The van der Waals surface area contributed by atoms with E-state index in [0.717, 1.165) is 5.69 Å². The standard InChI is InChI=1S/C20H19N/c1-4-9-17-18-12-6-7-13-20(18)21(19(17)5-2)16-11-8-10-15(3)14-16/h4-14H,2H2,1,3H3/b9-4-. The highest BCUT2D eigenvalue weighted by Gasteiger charge is 2.13. The smallest absolute Gasteiger partial charge is 0.0541 e. The second-order valence-electron chi connectivity index (χ2n) is 5.19. The Hall–Kier alpha value is -2.54. The lowest BCUT2D eigenvalue weighted by atomic mass is 10.1. The van der Waals surface area contributed by atoms with Crippen LogP contribution in [0.5, 0.6) is 0 Å². The minimum atomic E-state index is 1.14. The number of allylic oxidation sites excluding steroid dienone is 1. The van der Waals surface area contributed by atoms with Crippen molar-refractivity contribution in [3.8, 4) is 5.69 Å². The lowest BCUT2D eigenvalue weighted by molar-refractivity contribution is 1.10. The van der Waals surface area contributed by atoms with Crippen molar-refractivity contribution in [2.75, 3.05) is 0 Å². The number of hydrogen-bond donors (Lipinski definition) is 0. The summed E-state index contributed by atoms with van der Waals surface area (Å²) in [7, 11) is 0. The summed E-state index contributed by atoms with van der Waals surface area (Å²) in [6, 6.07) is 17.1. The van der Waals surface area contributed by atoms with Crippen LogP contribution in [0.1, 0.15) is 23.7 Å². The fourth-order valence-electron chi connectivity index (χ4n) is 2.87. The van der Waals surface area contributed by atoms with Gasteiger partial charge < -0.3 is 4.57 Å². The summed E-state index contributed by atoms with van der Waals surface area (Å²) >= 11 is 0. The minimum absolute atomic E-state index is 1.14. The van der Waals surface area contributed by atoms with E-state index in [4.69, 9.17) is 0 Å². The zero-order chi connectivity index (χ0) is 14.8. The molecule has 0 bridgehead atoms. The van der Waals surface area contributed by atoms with Crippen LogP contribution >= 0.6 is 0 Å². The van der Waals surface area contributed by atoms with Crippen molar-refractivity contribution < 1.29 is 0 Å². The minimum Gasteiger partial charge on any atom is -0.309 e. The number of hydrogen-bond acceptors (Lipinski definition) is 0. The van der Waals surface area contributed by atoms with E-state index in [9.17, 15) is 0 Å². The Labute approximate surface area is 125 Å². The Morgan fingerprint density at radius 3 is 2.57 bits per heavy atom. The van der Waals surface area contributed by atoms with Crippen LogP contribution in [0.3, 0.4) is 0 Å². The Kier molecular flexibility index (Phi) is 3.49. The summed E-state index contributed by atoms with van der Waals surface area (Å²) < 4.78 is 2.28. The predicted molar refractivity (Wildman–Crippen MR) is 92.8 cm³/mol. The fourth-order valence-corrected chi connectivity index (χ4v) is 2.87. The number of benzene rings is 2. The summed E-state index contributed by atoms with van der Waals surface area (Å²) in [5.41, 5.74) is 6.01. The number of aryl methyl sites for hydroxylation is 1. The van der Waals surface area contributed by atoms with Crippen LogP contribution in [0.15, 0.2) is 61.2 Å². The van der Waals surface area contributed by atoms with E-state index in [-0.39, 0.29) is 0 Å². The van der Waals surface area contributed by atoms with Crippen molar-refractivity contribution in [1.29, 1.82) is 0 Å². The molecule has 1 aromatic heterocycles. The largest absolute Gasteiger partial charge is 0.309 e. The van der Waals surface area contributed by atoms with E-state index in [1.54, 1.807) is 0 Å². The molecule has 2 aromatic carbocycles. The Bertz CT molecular complexity index is 834. The Morgan fingerprint density at radius 2 is 1.86 bits per heavy atom. The SMILES string of the molecule is C=Cc1c(/C=C\C)c2ccccc2n1-c1cccc(C)c1. The quantitative estimate of drug-likeness (QED) is 0.584. The first-order chi connectivity index (χ1) is 10.3. The van der Waals surface area contributed by atoms with Gasteiger partial charge in [-0.15, -0.1) is 0 Å². The van der Waals surface area contributed by atoms with Gasteiger partial charge in [-0.25, -0.2) is 0 Å². The molecule has 0 fully saturated rings. The van der Waals surface area contributed by atoms with E-state index < -0.39 is 0 Å². The third-order valence-corrected chi connectivity index (χ3v) is 3.74. The van der Waals surface area contributed by atoms with Gasteiger partial charge in [-0.05, 0) is 43.7 Å². The van der Waals surface area contributed by atoms with Gasteiger partial charge in [-0.2, -0.15) is 0 Å². The molecular weight excluding hydrogens is 254 g/mol. The van der Waals surface area contributed by atoms with E-state index in [1.165, 1.54) is 27.7 Å². The van der Waals surface area contributed by atoms with Crippen LogP contribution in [0.4, 0.5) is 0 Å². The van der Waals surface area contributed by atoms with Crippen LogP contribution < -0.4 is 0 Å². The molecule has 3 rings (SSSR count). The van der Waals surface area contributed by atoms with Crippen molar-refractivity contribution in [2.45, 2.75) is 13.8 Å². The highest BCUT2D eigenvalue weighted by molar-refractivity contribution is 5.95. The first kappa shape index (κ1) is 13.4. The van der Waals surface area contributed by atoms with Gasteiger partial charge in [0.25, 0.3) is 0 Å². The predicted octanol–water partition coefficient (Wildman–Crippen LogP) is 5.62. The maximum absolute atomic E-state index is 4.02. The number of nitrogens with zero attached hydrogens (tertiary/aromatic N) is 1. The summed E-state index contributed by atoms with van der Waals surface area (Å²) in [5, 5.41) is 1.26. The maximum Gasteiger partial charge on any atom is 0.0541 e. The van der Waals surface area contributed by atoms with E-state index in [1.807, 2.05) is 13.0 Å². The second kappa shape index (κ2) is 5.45. The van der Waals surface area contributed by atoms with Crippen molar-refractivity contribution in [2.24, 2.45) is 0 Å². The molecule has 0 aliphatic carbocycles. The molecule has 0 unspecified atom stereocenters. The maximum atomic E-state index is 4.02. The third-order valence-electron chi connectivity index (χ3n) is 3.74. The fraction of sp³-hybridized carbons (Fsp3) is 0.100. The highest BCUT2D eigenvalue weighted by atomic mass is 15.0. The lowest BCUT2D eigenvalue weighted by Gasteiger charge is -2.09. The number of aromatic nitrogens is 1. The third kappa shape index (κ3) is 2.21. The number of rotatable bonds is 3. The Morgan fingerprint density at radius 1 is 1.05 bits per heavy atom. The molecule has 0 saturated carbocycles. The molecule has 0 amide bonds. The molecule has 3 aromatic rings. The van der Waals surface area contributed by atoms with Crippen LogP contribution in [0.25, 0.3) is 28.7 Å². The molecule has 21 heavy (non-hydrogen) atoms. The molecule has 0 aliphatic rings. The summed E-state index contributed by atoms with van der Waals surface area (Å²) in [6.07, 6.45) is 6.18. The van der Waals surface area contributed by atoms with Gasteiger partial charge in [-0.1, -0.05) is 49.1 Å². The molecule has 104 valence electrons. The average molecular weight is 273 g/mol. The molecule has 0 saturated heterocycles. The van der Waals surface area contributed by atoms with Crippen molar-refractivity contribution in [1.82, 2.24) is 4.57 Å². The van der Waals surface area contributed by atoms with E-state index >= 15 is 0 Å². The molecule has 1 heteroatoms. The average Bonchev–Trinajstić information content (AvgIpc) is 2.82. The van der Waals surface area contributed by atoms with E-state index in [0.29, 0.717) is 0 Å². The van der Waals surface area contributed by atoms with Crippen molar-refractivity contribution in [3.63, 3.8) is 0 Å². The summed E-state index contributed by atoms with van der Waals surface area (Å²) in [4.78, 5) is 0. The van der Waals surface area contributed by atoms with Crippen LogP contribution in [0, 0.1) is 6.92 Å². The van der Waals surface area contributed by atoms with E-state index in [2.05, 4.69) is 78.8 Å². The van der Waals surface area contributed by atoms with Gasteiger partial charge in [0.1, 0.15) is 0 Å². The molecule has 0 aliphatic heterocycles. The zero-order valence-electron chi connectivity index (χ0n) is 12.5. The van der Waals surface area contributed by atoms with Gasteiger partial charge in [0.15, 0.2) is 0 Å². The van der Waals surface area contributed by atoms with Gasteiger partial charge in [0.2, 0.25) is 0 Å². The molecular formula is C20H19N. The van der Waals surface area contributed by atoms with Crippen LogP contribution in [0.2, 0.25) is 0 Å². The normalized spacial score (nSPS) is 11.3. The molecule has 1 heterocycles. The van der Waals surface area contributed by atoms with Gasteiger partial charge in [-0.3, -0.25) is 0 Å². The van der Waals surface area contributed by atoms with Gasteiger partial charge in [0, 0.05) is 16.6 Å². The molecule has 1 nitrogen and oxygen atoms in total. The van der Waals surface area contributed by atoms with Crippen molar-refractivity contribution >= 4 is 23.1 Å². The first-order valence-corrected chi connectivity index (χ1v) is 7.22. The van der Waals surface area contributed by atoms with Crippen LogP contribution in [-0.4, -0.2) is 4.57 Å². The van der Waals surface area contributed by atoms with Gasteiger partial charge in [0.05, 0.1) is 11.2 Å².